The Hall–Kier alpha value is -3.76. The van der Waals surface area contributed by atoms with Gasteiger partial charge in [-0.2, -0.15) is 0 Å². The smallest absolute Gasteiger partial charge is 0.232 e. The van der Waals surface area contributed by atoms with Crippen LogP contribution in [-0.4, -0.2) is 48.3 Å². The number of piperidine rings is 1. The molecular weight excluding hydrogens is 524 g/mol. The van der Waals surface area contributed by atoms with Crippen LogP contribution in [0.3, 0.4) is 0 Å². The van der Waals surface area contributed by atoms with Crippen LogP contribution in [0.1, 0.15) is 32.8 Å². The van der Waals surface area contributed by atoms with Crippen LogP contribution < -0.4 is 20.1 Å². The van der Waals surface area contributed by atoms with Crippen molar-refractivity contribution in [1.82, 2.24) is 20.3 Å². The molecule has 0 spiro atoms. The standard InChI is InChI=1S/C30H36N6O3S/c1-19(2)18-40(37,38)36-27-9-5-7-24-23(27)11-10-21(4)28(24)39-29-25(8-6-13-32-29)26-12-14-33-30(35-26)34-22-15-20(3)16-31-17-22/h5-14,19-20,22,31,36H,15-18H2,1-4H3,(H,33,34,35)/t20-,22+/m1/s1. The van der Waals surface area contributed by atoms with E-state index in [0.717, 1.165) is 41.4 Å². The highest BCUT2D eigenvalue weighted by atomic mass is 32.2. The Kier molecular flexibility index (Phi) is 8.18. The lowest BCUT2D eigenvalue weighted by Gasteiger charge is -2.28. The van der Waals surface area contributed by atoms with E-state index >= 15 is 0 Å². The first-order valence-corrected chi connectivity index (χ1v) is 15.3. The summed E-state index contributed by atoms with van der Waals surface area (Å²) in [4.78, 5) is 13.8. The van der Waals surface area contributed by atoms with Crippen LogP contribution >= 0.6 is 0 Å². The highest BCUT2D eigenvalue weighted by Crippen LogP contribution is 2.38. The summed E-state index contributed by atoms with van der Waals surface area (Å²) in [5, 5.41) is 8.43. The molecule has 10 heteroatoms. The highest BCUT2D eigenvalue weighted by Gasteiger charge is 2.21. The lowest BCUT2D eigenvalue weighted by Crippen LogP contribution is -2.42. The number of aryl methyl sites for hydroxylation is 1. The van der Waals surface area contributed by atoms with Crippen LogP contribution in [0, 0.1) is 18.8 Å². The Balaban J connectivity index is 1.47. The predicted octanol–water partition coefficient (Wildman–Crippen LogP) is 5.60. The predicted molar refractivity (Wildman–Crippen MR) is 160 cm³/mol. The summed E-state index contributed by atoms with van der Waals surface area (Å²) in [5.41, 5.74) is 2.84. The van der Waals surface area contributed by atoms with Crippen molar-refractivity contribution in [3.8, 4) is 22.9 Å². The van der Waals surface area contributed by atoms with Gasteiger partial charge >= 0.3 is 0 Å². The molecule has 4 aromatic rings. The fourth-order valence-corrected chi connectivity index (χ4v) is 6.58. The third kappa shape index (κ3) is 6.51. The van der Waals surface area contributed by atoms with Gasteiger partial charge in [0.05, 0.1) is 22.7 Å². The Labute approximate surface area is 235 Å². The maximum Gasteiger partial charge on any atom is 0.232 e. The molecule has 3 heterocycles. The molecule has 1 saturated heterocycles. The SMILES string of the molecule is Cc1ccc2c(NS(=O)(=O)CC(C)C)cccc2c1Oc1ncccc1-c1ccnc(N[C@@H]2CNC[C@H](C)C2)n1. The maximum atomic E-state index is 12.7. The number of nitrogens with zero attached hydrogens (tertiary/aromatic N) is 3. The molecule has 1 aliphatic rings. The average Bonchev–Trinajstić information content (AvgIpc) is 2.90. The quantitative estimate of drug-likeness (QED) is 0.242. The number of hydrogen-bond acceptors (Lipinski definition) is 8. The second-order valence-corrected chi connectivity index (χ2v) is 12.7. The molecule has 5 rings (SSSR count). The Morgan fingerprint density at radius 1 is 1.02 bits per heavy atom. The minimum Gasteiger partial charge on any atom is -0.437 e. The molecule has 0 aliphatic carbocycles. The Morgan fingerprint density at radius 3 is 2.67 bits per heavy atom. The zero-order valence-corrected chi connectivity index (χ0v) is 24.1. The van der Waals surface area contributed by atoms with E-state index in [1.54, 1.807) is 18.5 Å². The van der Waals surface area contributed by atoms with E-state index < -0.39 is 10.0 Å². The van der Waals surface area contributed by atoms with Crippen molar-refractivity contribution >= 4 is 32.4 Å². The summed E-state index contributed by atoms with van der Waals surface area (Å²) in [6.07, 6.45) is 4.47. The third-order valence-electron chi connectivity index (χ3n) is 6.83. The zero-order valence-electron chi connectivity index (χ0n) is 23.3. The van der Waals surface area contributed by atoms with Gasteiger partial charge in [0.15, 0.2) is 0 Å². The van der Waals surface area contributed by atoms with Crippen molar-refractivity contribution in [3.05, 3.63) is 66.5 Å². The summed E-state index contributed by atoms with van der Waals surface area (Å²) in [7, 11) is -3.50. The van der Waals surface area contributed by atoms with Gasteiger partial charge in [-0.1, -0.05) is 45.0 Å². The maximum absolute atomic E-state index is 12.7. The minimum absolute atomic E-state index is 0.0107. The first-order valence-electron chi connectivity index (χ1n) is 13.6. The van der Waals surface area contributed by atoms with E-state index in [-0.39, 0.29) is 17.7 Å². The topological polar surface area (TPSA) is 118 Å². The second-order valence-electron chi connectivity index (χ2n) is 11.0. The van der Waals surface area contributed by atoms with Crippen LogP contribution in [0.15, 0.2) is 60.9 Å². The van der Waals surface area contributed by atoms with Gasteiger partial charge in [0, 0.05) is 35.8 Å². The average molecular weight is 561 g/mol. The minimum atomic E-state index is -3.50. The monoisotopic (exact) mass is 560 g/mol. The normalized spacial score (nSPS) is 17.6. The zero-order chi connectivity index (χ0) is 28.3. The van der Waals surface area contributed by atoms with Crippen molar-refractivity contribution in [2.45, 2.75) is 40.2 Å². The molecule has 0 saturated carbocycles. The van der Waals surface area contributed by atoms with E-state index in [1.807, 2.05) is 63.2 Å². The van der Waals surface area contributed by atoms with Crippen molar-refractivity contribution in [2.24, 2.45) is 11.8 Å². The van der Waals surface area contributed by atoms with Gasteiger partial charge < -0.3 is 15.4 Å². The van der Waals surface area contributed by atoms with Crippen molar-refractivity contribution in [2.75, 3.05) is 28.9 Å². The van der Waals surface area contributed by atoms with E-state index in [1.165, 1.54) is 0 Å². The van der Waals surface area contributed by atoms with Gasteiger partial charge in [-0.25, -0.2) is 23.4 Å². The number of ether oxygens (including phenoxy) is 1. The molecule has 0 unspecified atom stereocenters. The van der Waals surface area contributed by atoms with E-state index in [4.69, 9.17) is 9.72 Å². The van der Waals surface area contributed by atoms with Crippen LogP contribution in [0.25, 0.3) is 22.0 Å². The molecular formula is C30H36N6O3S. The van der Waals surface area contributed by atoms with Gasteiger partial charge in [-0.3, -0.25) is 4.72 Å². The molecule has 0 bridgehead atoms. The Morgan fingerprint density at radius 2 is 1.88 bits per heavy atom. The first kappa shape index (κ1) is 27.8. The molecule has 2 atom stereocenters. The number of fused-ring (bicyclic) bond motifs is 1. The van der Waals surface area contributed by atoms with Gasteiger partial charge in [0.25, 0.3) is 0 Å². The summed E-state index contributed by atoms with van der Waals surface area (Å²) in [6.45, 7) is 9.84. The number of anilines is 2. The van der Waals surface area contributed by atoms with Gasteiger partial charge in [-0.15, -0.1) is 0 Å². The summed E-state index contributed by atoms with van der Waals surface area (Å²) < 4.78 is 34.6. The summed E-state index contributed by atoms with van der Waals surface area (Å²) >= 11 is 0. The van der Waals surface area contributed by atoms with E-state index in [2.05, 4.69) is 32.2 Å². The second kappa shape index (κ2) is 11.8. The van der Waals surface area contributed by atoms with Crippen LogP contribution in [-0.2, 0) is 10.0 Å². The number of benzene rings is 2. The number of sulfonamides is 1. The molecule has 1 aliphatic heterocycles. The first-order chi connectivity index (χ1) is 19.2. The largest absolute Gasteiger partial charge is 0.437 e. The van der Waals surface area contributed by atoms with Crippen LogP contribution in [0.2, 0.25) is 0 Å². The molecule has 1 fully saturated rings. The fourth-order valence-electron chi connectivity index (χ4n) is 5.10. The van der Waals surface area contributed by atoms with Crippen molar-refractivity contribution in [1.29, 1.82) is 0 Å². The fraction of sp³-hybridized carbons (Fsp3) is 0.367. The van der Waals surface area contributed by atoms with Gasteiger partial charge in [0.2, 0.25) is 21.9 Å². The lowest BCUT2D eigenvalue weighted by molar-refractivity contribution is 0.377. The number of rotatable bonds is 9. The summed E-state index contributed by atoms with van der Waals surface area (Å²) in [5.74, 6) is 2.22. The molecule has 0 radical (unpaired) electrons. The Bertz CT molecular complexity index is 1610. The number of hydrogen-bond donors (Lipinski definition) is 3. The van der Waals surface area contributed by atoms with Crippen molar-refractivity contribution in [3.63, 3.8) is 0 Å². The van der Waals surface area contributed by atoms with Crippen LogP contribution in [0.4, 0.5) is 11.6 Å². The highest BCUT2D eigenvalue weighted by molar-refractivity contribution is 7.92. The molecule has 3 N–H and O–H groups in total. The molecule has 0 amide bonds. The van der Waals surface area contributed by atoms with Crippen LogP contribution in [0.5, 0.6) is 11.6 Å². The molecule has 2 aromatic carbocycles. The van der Waals surface area contributed by atoms with Gasteiger partial charge in [-0.05, 0) is 61.6 Å². The van der Waals surface area contributed by atoms with Gasteiger partial charge in [0.1, 0.15) is 5.75 Å². The summed E-state index contributed by atoms with van der Waals surface area (Å²) in [6, 6.07) is 15.2. The third-order valence-corrected chi connectivity index (χ3v) is 8.47. The molecule has 40 heavy (non-hydrogen) atoms. The van der Waals surface area contributed by atoms with E-state index in [0.29, 0.717) is 34.9 Å². The van der Waals surface area contributed by atoms with E-state index in [9.17, 15) is 8.42 Å². The van der Waals surface area contributed by atoms with Crippen molar-refractivity contribution < 1.29 is 13.2 Å². The number of pyridine rings is 1. The number of aromatic nitrogens is 3. The molecule has 9 nitrogen and oxygen atoms in total. The lowest BCUT2D eigenvalue weighted by atomic mass is 9.98. The molecule has 210 valence electrons. The number of nitrogens with one attached hydrogen (secondary N) is 3. The molecule has 2 aromatic heterocycles.